The fraction of sp³-hybridized carbons (Fsp3) is 0.385. The summed E-state index contributed by atoms with van der Waals surface area (Å²) in [5.41, 5.74) is 2.11. The van der Waals surface area contributed by atoms with Crippen LogP contribution < -0.4 is 0 Å². The second-order valence-corrected chi connectivity index (χ2v) is 5.26. The van der Waals surface area contributed by atoms with Gasteiger partial charge in [-0.05, 0) is 12.1 Å². The third kappa shape index (κ3) is 1.99. The molecule has 0 saturated carbocycles. The monoisotopic (exact) mass is 262 g/mol. The van der Waals surface area contributed by atoms with Crippen molar-refractivity contribution in [3.63, 3.8) is 0 Å². The summed E-state index contributed by atoms with van der Waals surface area (Å²) < 4.78 is 7.54. The molecule has 1 aliphatic rings. The highest BCUT2D eigenvalue weighted by atomic mass is 32.2. The Hall–Kier alpha value is -1.49. The number of ether oxygens (including phenoxy) is 1. The number of carbonyl (C=O) groups excluding carboxylic acids is 1. The molecule has 2 aromatic rings. The van der Waals surface area contributed by atoms with Crippen molar-refractivity contribution < 1.29 is 9.53 Å². The van der Waals surface area contributed by atoms with E-state index in [1.54, 1.807) is 11.8 Å². The predicted molar refractivity (Wildman–Crippen MR) is 70.6 cm³/mol. The van der Waals surface area contributed by atoms with Gasteiger partial charge in [-0.15, -0.1) is 0 Å². The molecule has 3 rings (SSSR count). The lowest BCUT2D eigenvalue weighted by molar-refractivity contribution is -0.148. The molecule has 0 amide bonds. The van der Waals surface area contributed by atoms with Gasteiger partial charge in [0.1, 0.15) is 6.10 Å². The smallest absolute Gasteiger partial charge is 0.305 e. The number of benzene rings is 1. The van der Waals surface area contributed by atoms with Gasteiger partial charge in [-0.2, -0.15) is 0 Å². The van der Waals surface area contributed by atoms with Gasteiger partial charge in [0.05, 0.1) is 17.6 Å². The third-order valence-corrected chi connectivity index (χ3v) is 4.10. The Bertz CT molecular complexity index is 594. The molecule has 1 aliphatic heterocycles. The van der Waals surface area contributed by atoms with E-state index in [-0.39, 0.29) is 12.1 Å². The van der Waals surface area contributed by atoms with Crippen LogP contribution in [0, 0.1) is 0 Å². The van der Waals surface area contributed by atoms with Crippen molar-refractivity contribution in [2.75, 3.05) is 5.75 Å². The summed E-state index contributed by atoms with van der Waals surface area (Å²) in [5, 5.41) is 1.01. The molecular formula is C13H14N2O2S. The number of fused-ring (bicyclic) bond motifs is 3. The molecule has 5 heteroatoms. The standard InChI is InChI=1S/C13H14N2O2S/c1-2-12(16)17-9-7-15-11-6-4-3-5-10(11)14-13(15)18-8-9/h3-6,9H,2,7-8H2,1H3/t9-/m0/s1. The lowest BCUT2D eigenvalue weighted by Gasteiger charge is -2.23. The normalized spacial score (nSPS) is 18.6. The average molecular weight is 262 g/mol. The van der Waals surface area contributed by atoms with Crippen LogP contribution in [0.5, 0.6) is 0 Å². The van der Waals surface area contributed by atoms with Crippen LogP contribution in [0.3, 0.4) is 0 Å². The minimum Gasteiger partial charge on any atom is -0.460 e. The highest BCUT2D eigenvalue weighted by Crippen LogP contribution is 2.30. The lowest BCUT2D eigenvalue weighted by atomic mass is 10.3. The molecule has 1 atom stereocenters. The topological polar surface area (TPSA) is 44.1 Å². The van der Waals surface area contributed by atoms with Gasteiger partial charge in [-0.25, -0.2) is 4.98 Å². The first-order chi connectivity index (χ1) is 8.78. The van der Waals surface area contributed by atoms with Crippen molar-refractivity contribution in [2.24, 2.45) is 0 Å². The maximum absolute atomic E-state index is 11.3. The van der Waals surface area contributed by atoms with E-state index < -0.39 is 0 Å². The first-order valence-electron chi connectivity index (χ1n) is 6.05. The van der Waals surface area contributed by atoms with Crippen LogP contribution in [-0.2, 0) is 16.1 Å². The molecule has 0 aliphatic carbocycles. The second kappa shape index (κ2) is 4.65. The van der Waals surface area contributed by atoms with Gasteiger partial charge in [0.25, 0.3) is 0 Å². The number of thioether (sulfide) groups is 1. The highest BCUT2D eigenvalue weighted by molar-refractivity contribution is 7.99. The van der Waals surface area contributed by atoms with Gasteiger partial charge >= 0.3 is 5.97 Å². The molecule has 0 radical (unpaired) electrons. The fourth-order valence-electron chi connectivity index (χ4n) is 2.10. The number of imidazole rings is 1. The van der Waals surface area contributed by atoms with Crippen molar-refractivity contribution in [2.45, 2.75) is 31.1 Å². The van der Waals surface area contributed by atoms with E-state index >= 15 is 0 Å². The van der Waals surface area contributed by atoms with Crippen molar-refractivity contribution in [3.8, 4) is 0 Å². The van der Waals surface area contributed by atoms with Crippen LogP contribution in [-0.4, -0.2) is 27.4 Å². The van der Waals surface area contributed by atoms with Gasteiger partial charge in [0.2, 0.25) is 0 Å². The van der Waals surface area contributed by atoms with Gasteiger partial charge in [0.15, 0.2) is 5.16 Å². The number of nitrogens with zero attached hydrogens (tertiary/aromatic N) is 2. The van der Waals surface area contributed by atoms with Crippen LogP contribution in [0.4, 0.5) is 0 Å². The van der Waals surface area contributed by atoms with Crippen molar-refractivity contribution in [3.05, 3.63) is 24.3 Å². The maximum Gasteiger partial charge on any atom is 0.305 e. The molecule has 0 N–H and O–H groups in total. The number of hydrogen-bond donors (Lipinski definition) is 0. The molecule has 1 aromatic carbocycles. The fourth-order valence-corrected chi connectivity index (χ4v) is 3.10. The van der Waals surface area contributed by atoms with E-state index in [0.717, 1.165) is 21.9 Å². The van der Waals surface area contributed by atoms with E-state index in [1.165, 1.54) is 0 Å². The minimum absolute atomic E-state index is 0.0486. The number of hydrogen-bond acceptors (Lipinski definition) is 4. The molecule has 4 nitrogen and oxygen atoms in total. The minimum atomic E-state index is -0.131. The second-order valence-electron chi connectivity index (χ2n) is 4.27. The van der Waals surface area contributed by atoms with Gasteiger partial charge in [-0.3, -0.25) is 4.79 Å². The summed E-state index contributed by atoms with van der Waals surface area (Å²) in [5.74, 6) is 0.656. The molecular weight excluding hydrogens is 248 g/mol. The quantitative estimate of drug-likeness (QED) is 0.780. The van der Waals surface area contributed by atoms with Gasteiger partial charge in [0, 0.05) is 12.2 Å². The molecule has 0 fully saturated rings. The number of rotatable bonds is 2. The van der Waals surface area contributed by atoms with Gasteiger partial charge in [-0.1, -0.05) is 30.8 Å². The lowest BCUT2D eigenvalue weighted by Crippen LogP contribution is -2.29. The molecule has 1 aromatic heterocycles. The average Bonchev–Trinajstić information content (AvgIpc) is 2.77. The van der Waals surface area contributed by atoms with Crippen molar-refractivity contribution >= 4 is 28.8 Å². The van der Waals surface area contributed by atoms with Crippen LogP contribution in [0.2, 0.25) is 0 Å². The van der Waals surface area contributed by atoms with Crippen LogP contribution >= 0.6 is 11.8 Å². The largest absolute Gasteiger partial charge is 0.460 e. The first kappa shape index (κ1) is 11.6. The number of aromatic nitrogens is 2. The summed E-state index contributed by atoms with van der Waals surface area (Å²) in [6.07, 6.45) is 0.381. The van der Waals surface area contributed by atoms with Crippen LogP contribution in [0.1, 0.15) is 13.3 Å². The number of para-hydroxylation sites is 2. The molecule has 0 unspecified atom stereocenters. The molecule has 94 valence electrons. The SMILES string of the molecule is CCC(=O)O[C@@H]1CSc2nc3ccccc3n2C1. The van der Waals surface area contributed by atoms with Crippen molar-refractivity contribution in [1.29, 1.82) is 0 Å². The number of esters is 1. The van der Waals surface area contributed by atoms with Crippen LogP contribution in [0.15, 0.2) is 29.4 Å². The Morgan fingerprint density at radius 1 is 1.56 bits per heavy atom. The molecule has 0 bridgehead atoms. The summed E-state index contributed by atoms with van der Waals surface area (Å²) >= 11 is 1.65. The Kier molecular flexibility index (Phi) is 2.99. The zero-order chi connectivity index (χ0) is 12.5. The zero-order valence-corrected chi connectivity index (χ0v) is 10.9. The van der Waals surface area contributed by atoms with Crippen LogP contribution in [0.25, 0.3) is 11.0 Å². The predicted octanol–water partition coefficient (Wildman–Crippen LogP) is 2.46. The van der Waals surface area contributed by atoms with E-state index in [2.05, 4.69) is 15.6 Å². The summed E-state index contributed by atoms with van der Waals surface area (Å²) in [7, 11) is 0. The molecule has 0 spiro atoms. The first-order valence-corrected chi connectivity index (χ1v) is 7.04. The Balaban J connectivity index is 1.89. The summed E-state index contributed by atoms with van der Waals surface area (Å²) in [6, 6.07) is 8.05. The maximum atomic E-state index is 11.3. The van der Waals surface area contributed by atoms with E-state index in [1.807, 2.05) is 25.1 Å². The van der Waals surface area contributed by atoms with E-state index in [0.29, 0.717) is 13.0 Å². The summed E-state index contributed by atoms with van der Waals surface area (Å²) in [6.45, 7) is 2.52. The Labute approximate surface area is 109 Å². The van der Waals surface area contributed by atoms with E-state index in [9.17, 15) is 4.79 Å². The Morgan fingerprint density at radius 3 is 3.22 bits per heavy atom. The Morgan fingerprint density at radius 2 is 2.39 bits per heavy atom. The number of carbonyl (C=O) groups is 1. The van der Waals surface area contributed by atoms with Gasteiger partial charge < -0.3 is 9.30 Å². The summed E-state index contributed by atoms with van der Waals surface area (Å²) in [4.78, 5) is 15.9. The zero-order valence-electron chi connectivity index (χ0n) is 10.1. The highest BCUT2D eigenvalue weighted by Gasteiger charge is 2.24. The van der Waals surface area contributed by atoms with E-state index in [4.69, 9.17) is 4.74 Å². The third-order valence-electron chi connectivity index (χ3n) is 2.99. The van der Waals surface area contributed by atoms with Crippen molar-refractivity contribution in [1.82, 2.24) is 9.55 Å². The molecule has 18 heavy (non-hydrogen) atoms. The molecule has 0 saturated heterocycles. The molecule has 2 heterocycles.